The van der Waals surface area contributed by atoms with Gasteiger partial charge in [0.1, 0.15) is 18.1 Å². The van der Waals surface area contributed by atoms with Gasteiger partial charge in [0.15, 0.2) is 0 Å². The number of ether oxygens (including phenoxy) is 1. The number of para-hydroxylation sites is 1. The van der Waals surface area contributed by atoms with Crippen molar-refractivity contribution in [2.24, 2.45) is 7.05 Å². The molecule has 0 fully saturated rings. The molecule has 0 unspecified atom stereocenters. The highest BCUT2D eigenvalue weighted by atomic mass is 35.5. The van der Waals surface area contributed by atoms with Crippen LogP contribution in [0.4, 0.5) is 10.1 Å². The molecule has 0 saturated carbocycles. The van der Waals surface area contributed by atoms with Crippen LogP contribution in [0.25, 0.3) is 5.69 Å². The lowest BCUT2D eigenvalue weighted by atomic mass is 10.2. The zero-order valence-corrected chi connectivity index (χ0v) is 21.9. The van der Waals surface area contributed by atoms with Gasteiger partial charge in [-0.2, -0.15) is 0 Å². The molecule has 0 bridgehead atoms. The van der Waals surface area contributed by atoms with Gasteiger partial charge in [-0.3, -0.25) is 14.2 Å². The summed E-state index contributed by atoms with van der Waals surface area (Å²) in [5.41, 5.74) is -0.107. The number of esters is 1. The SMILES string of the molecule is Cc1c(NS(=O)(=O)c2ccc(Cl)c(C(=O)OCc3c(F)cccc3Cl)c2)c(=O)n(-c2ccccc2)n1C. The van der Waals surface area contributed by atoms with E-state index in [1.54, 1.807) is 44.3 Å². The quantitative estimate of drug-likeness (QED) is 0.316. The zero-order valence-electron chi connectivity index (χ0n) is 19.5. The minimum absolute atomic E-state index is 0.0340. The molecule has 8 nitrogen and oxygen atoms in total. The molecular formula is C25H20Cl2FN3O5S. The highest BCUT2D eigenvalue weighted by molar-refractivity contribution is 7.92. The summed E-state index contributed by atoms with van der Waals surface area (Å²) < 4.78 is 50.7. The van der Waals surface area contributed by atoms with Crippen LogP contribution >= 0.6 is 23.2 Å². The van der Waals surface area contributed by atoms with Crippen molar-refractivity contribution >= 4 is 44.9 Å². The third-order valence-corrected chi connectivity index (χ3v) is 7.70. The Bertz CT molecular complexity index is 1650. The second-order valence-electron chi connectivity index (χ2n) is 7.96. The van der Waals surface area contributed by atoms with Crippen molar-refractivity contribution in [3.63, 3.8) is 0 Å². The molecule has 1 heterocycles. The third kappa shape index (κ3) is 5.27. The van der Waals surface area contributed by atoms with Crippen LogP contribution in [0.3, 0.4) is 0 Å². The molecule has 0 aliphatic rings. The van der Waals surface area contributed by atoms with E-state index >= 15 is 0 Å². The van der Waals surface area contributed by atoms with Crippen LogP contribution in [0.15, 0.2) is 76.4 Å². The van der Waals surface area contributed by atoms with E-state index in [0.29, 0.717) is 11.4 Å². The van der Waals surface area contributed by atoms with E-state index in [1.165, 1.54) is 33.6 Å². The molecule has 3 aromatic carbocycles. The number of anilines is 1. The fourth-order valence-electron chi connectivity index (χ4n) is 3.59. The predicted octanol–water partition coefficient (Wildman–Crippen LogP) is 5.09. The summed E-state index contributed by atoms with van der Waals surface area (Å²) in [5.74, 6) is -1.64. The first-order chi connectivity index (χ1) is 17.5. The molecule has 0 saturated heterocycles. The molecule has 192 valence electrons. The van der Waals surface area contributed by atoms with E-state index in [1.807, 2.05) is 0 Å². The van der Waals surface area contributed by atoms with Crippen molar-refractivity contribution in [1.82, 2.24) is 9.36 Å². The molecule has 0 radical (unpaired) electrons. The Hall–Kier alpha value is -3.60. The molecule has 0 amide bonds. The third-order valence-electron chi connectivity index (χ3n) is 5.67. The summed E-state index contributed by atoms with van der Waals surface area (Å²) in [4.78, 5) is 25.4. The predicted molar refractivity (Wildman–Crippen MR) is 139 cm³/mol. The molecule has 4 aromatic rings. The van der Waals surface area contributed by atoms with Crippen molar-refractivity contribution in [2.45, 2.75) is 18.4 Å². The lowest BCUT2D eigenvalue weighted by Gasteiger charge is -2.11. The van der Waals surface area contributed by atoms with Gasteiger partial charge >= 0.3 is 5.97 Å². The number of halogens is 3. The van der Waals surface area contributed by atoms with E-state index in [9.17, 15) is 22.4 Å². The Morgan fingerprint density at radius 1 is 1.03 bits per heavy atom. The number of hydrogen-bond acceptors (Lipinski definition) is 5. The van der Waals surface area contributed by atoms with Gasteiger partial charge in [-0.15, -0.1) is 0 Å². The number of sulfonamides is 1. The van der Waals surface area contributed by atoms with Crippen LogP contribution in [0.1, 0.15) is 21.6 Å². The van der Waals surface area contributed by atoms with Crippen LogP contribution in [0.5, 0.6) is 0 Å². The van der Waals surface area contributed by atoms with Crippen molar-refractivity contribution in [1.29, 1.82) is 0 Å². The zero-order chi connectivity index (χ0) is 26.9. The molecule has 0 spiro atoms. The van der Waals surface area contributed by atoms with Gasteiger partial charge in [-0.1, -0.05) is 47.5 Å². The molecule has 0 atom stereocenters. The smallest absolute Gasteiger partial charge is 0.340 e. The molecule has 4 rings (SSSR count). The lowest BCUT2D eigenvalue weighted by molar-refractivity contribution is 0.0469. The first-order valence-corrected chi connectivity index (χ1v) is 13.0. The minimum Gasteiger partial charge on any atom is -0.457 e. The molecule has 0 aliphatic heterocycles. The lowest BCUT2D eigenvalue weighted by Crippen LogP contribution is -2.23. The average Bonchev–Trinajstić information content (AvgIpc) is 3.07. The maximum absolute atomic E-state index is 14.0. The highest BCUT2D eigenvalue weighted by Gasteiger charge is 2.25. The highest BCUT2D eigenvalue weighted by Crippen LogP contribution is 2.25. The molecule has 37 heavy (non-hydrogen) atoms. The van der Waals surface area contributed by atoms with Crippen molar-refractivity contribution in [2.75, 3.05) is 4.72 Å². The Morgan fingerprint density at radius 2 is 1.73 bits per heavy atom. The van der Waals surface area contributed by atoms with Gasteiger partial charge in [-0.25, -0.2) is 22.3 Å². The summed E-state index contributed by atoms with van der Waals surface area (Å²) in [6.07, 6.45) is 0. The molecule has 1 aromatic heterocycles. The van der Waals surface area contributed by atoms with Gasteiger partial charge in [0, 0.05) is 12.6 Å². The van der Waals surface area contributed by atoms with E-state index in [-0.39, 0.29) is 31.8 Å². The van der Waals surface area contributed by atoms with Crippen molar-refractivity contribution < 1.29 is 22.3 Å². The van der Waals surface area contributed by atoms with E-state index in [4.69, 9.17) is 27.9 Å². The van der Waals surface area contributed by atoms with Crippen LogP contribution in [-0.4, -0.2) is 23.8 Å². The fourth-order valence-corrected chi connectivity index (χ4v) is 5.15. The Labute approximate surface area is 221 Å². The number of aromatic nitrogens is 2. The van der Waals surface area contributed by atoms with Gasteiger partial charge < -0.3 is 4.74 Å². The van der Waals surface area contributed by atoms with Gasteiger partial charge in [0.05, 0.1) is 31.9 Å². The van der Waals surface area contributed by atoms with E-state index < -0.39 is 34.0 Å². The van der Waals surface area contributed by atoms with Gasteiger partial charge in [-0.05, 0) is 49.4 Å². The number of carbonyl (C=O) groups is 1. The number of rotatable bonds is 7. The molecule has 0 aliphatic carbocycles. The first kappa shape index (κ1) is 26.5. The number of nitrogens with one attached hydrogen (secondary N) is 1. The number of hydrogen-bond donors (Lipinski definition) is 1. The normalized spacial score (nSPS) is 11.4. The maximum Gasteiger partial charge on any atom is 0.340 e. The van der Waals surface area contributed by atoms with Crippen molar-refractivity contribution in [3.8, 4) is 5.69 Å². The number of carbonyl (C=O) groups excluding carboxylic acids is 1. The van der Waals surface area contributed by atoms with E-state index in [2.05, 4.69) is 4.72 Å². The largest absolute Gasteiger partial charge is 0.457 e. The topological polar surface area (TPSA) is 99.4 Å². The Morgan fingerprint density at radius 3 is 2.41 bits per heavy atom. The van der Waals surface area contributed by atoms with Gasteiger partial charge in [0.25, 0.3) is 15.6 Å². The van der Waals surface area contributed by atoms with Crippen LogP contribution < -0.4 is 10.3 Å². The number of benzene rings is 3. The Balaban J connectivity index is 1.63. The van der Waals surface area contributed by atoms with E-state index in [0.717, 1.165) is 12.1 Å². The Kier molecular flexibility index (Phi) is 7.44. The summed E-state index contributed by atoms with van der Waals surface area (Å²) >= 11 is 12.1. The monoisotopic (exact) mass is 563 g/mol. The molecular weight excluding hydrogens is 544 g/mol. The second-order valence-corrected chi connectivity index (χ2v) is 10.5. The first-order valence-electron chi connectivity index (χ1n) is 10.8. The van der Waals surface area contributed by atoms with Gasteiger partial charge in [0.2, 0.25) is 0 Å². The van der Waals surface area contributed by atoms with Crippen LogP contribution in [-0.2, 0) is 28.4 Å². The second kappa shape index (κ2) is 10.4. The molecule has 12 heteroatoms. The summed E-state index contributed by atoms with van der Waals surface area (Å²) in [7, 11) is -2.70. The van der Waals surface area contributed by atoms with Crippen LogP contribution in [0.2, 0.25) is 10.0 Å². The fraction of sp³-hybridized carbons (Fsp3) is 0.120. The standard InChI is InChI=1S/C25H20Cl2FN3O5S/c1-15-23(24(32)31(30(15)2)16-7-4-3-5-8-16)29-37(34,35)17-11-12-21(27)18(13-17)25(33)36-14-19-20(26)9-6-10-22(19)28/h3-13,29H,14H2,1-2H3. The maximum atomic E-state index is 14.0. The number of nitrogens with zero attached hydrogens (tertiary/aromatic N) is 2. The summed E-state index contributed by atoms with van der Waals surface area (Å²) in [6, 6.07) is 16.2. The van der Waals surface area contributed by atoms with Crippen LogP contribution in [0, 0.1) is 12.7 Å². The minimum atomic E-state index is -4.32. The average molecular weight is 564 g/mol. The van der Waals surface area contributed by atoms with Crippen molar-refractivity contribution in [3.05, 3.63) is 110 Å². The summed E-state index contributed by atoms with van der Waals surface area (Å²) in [5, 5.41) is -0.00952. The summed E-state index contributed by atoms with van der Waals surface area (Å²) in [6.45, 7) is 1.11. The molecule has 1 N–H and O–H groups in total.